The number of anilines is 1. The molecule has 3 rings (SSSR count). The van der Waals surface area contributed by atoms with Crippen LogP contribution in [0.3, 0.4) is 0 Å². The van der Waals surface area contributed by atoms with Gasteiger partial charge < -0.3 is 15.2 Å². The first kappa shape index (κ1) is 16.6. The van der Waals surface area contributed by atoms with Gasteiger partial charge in [0.1, 0.15) is 17.2 Å². The number of carbonyl (C=O) groups excluding carboxylic acids is 1. The summed E-state index contributed by atoms with van der Waals surface area (Å²) in [5.41, 5.74) is 7.26. The maximum absolute atomic E-state index is 13.0. The molecule has 2 N–H and O–H groups in total. The Morgan fingerprint density at radius 2 is 1.60 bits per heavy atom. The van der Waals surface area contributed by atoms with E-state index in [1.165, 1.54) is 0 Å². The fourth-order valence-corrected chi connectivity index (χ4v) is 2.50. The molecular formula is C21H19NO3. The van der Waals surface area contributed by atoms with Crippen LogP contribution in [0.5, 0.6) is 17.2 Å². The summed E-state index contributed by atoms with van der Waals surface area (Å²) in [7, 11) is 0. The summed E-state index contributed by atoms with van der Waals surface area (Å²) in [6.45, 7) is 2.34. The van der Waals surface area contributed by atoms with E-state index >= 15 is 0 Å². The average Bonchev–Trinajstić information content (AvgIpc) is 2.64. The Bertz CT molecular complexity index is 875. The van der Waals surface area contributed by atoms with E-state index < -0.39 is 0 Å². The van der Waals surface area contributed by atoms with Gasteiger partial charge in [-0.3, -0.25) is 4.79 Å². The molecule has 4 nitrogen and oxygen atoms in total. The lowest BCUT2D eigenvalue weighted by atomic mass is 10.0. The molecule has 3 aromatic rings. The number of ether oxygens (including phenoxy) is 2. The summed E-state index contributed by atoms with van der Waals surface area (Å²) in [6, 6.07) is 21.6. The fourth-order valence-electron chi connectivity index (χ4n) is 2.50. The smallest absolute Gasteiger partial charge is 0.198 e. The van der Waals surface area contributed by atoms with Crippen molar-refractivity contribution in [1.82, 2.24) is 0 Å². The van der Waals surface area contributed by atoms with Crippen molar-refractivity contribution in [3.8, 4) is 17.2 Å². The molecule has 25 heavy (non-hydrogen) atoms. The molecule has 3 aromatic carbocycles. The second-order valence-electron chi connectivity index (χ2n) is 5.42. The zero-order chi connectivity index (χ0) is 17.6. The van der Waals surface area contributed by atoms with Gasteiger partial charge in [-0.1, -0.05) is 30.3 Å². The van der Waals surface area contributed by atoms with Crippen LogP contribution in [0, 0.1) is 0 Å². The van der Waals surface area contributed by atoms with Crippen molar-refractivity contribution in [2.75, 3.05) is 12.3 Å². The third-order valence-corrected chi connectivity index (χ3v) is 3.68. The molecule has 0 spiro atoms. The van der Waals surface area contributed by atoms with Gasteiger partial charge in [0.25, 0.3) is 0 Å². The van der Waals surface area contributed by atoms with Crippen molar-refractivity contribution in [1.29, 1.82) is 0 Å². The van der Waals surface area contributed by atoms with Gasteiger partial charge >= 0.3 is 0 Å². The van der Waals surface area contributed by atoms with Crippen LogP contribution in [0.4, 0.5) is 5.69 Å². The van der Waals surface area contributed by atoms with Crippen LogP contribution >= 0.6 is 0 Å². The van der Waals surface area contributed by atoms with Crippen LogP contribution in [-0.4, -0.2) is 12.4 Å². The Morgan fingerprint density at radius 3 is 2.32 bits per heavy atom. The topological polar surface area (TPSA) is 61.5 Å². The Morgan fingerprint density at radius 1 is 0.880 bits per heavy atom. The second-order valence-corrected chi connectivity index (χ2v) is 5.42. The number of carbonyl (C=O) groups is 1. The molecule has 0 saturated carbocycles. The maximum atomic E-state index is 13.0. The first-order valence-corrected chi connectivity index (χ1v) is 8.08. The normalized spacial score (nSPS) is 10.3. The van der Waals surface area contributed by atoms with Gasteiger partial charge in [-0.15, -0.1) is 0 Å². The Hall–Kier alpha value is -3.27. The first-order valence-electron chi connectivity index (χ1n) is 8.08. The Kier molecular flexibility index (Phi) is 5.00. The van der Waals surface area contributed by atoms with Crippen molar-refractivity contribution in [3.63, 3.8) is 0 Å². The molecule has 0 aliphatic rings. The first-order chi connectivity index (χ1) is 12.2. The standard InChI is InChI=1S/C21H19NO3/c1-2-24-20-13-12-16(25-15-8-4-3-5-9-15)14-18(20)21(23)17-10-6-7-11-19(17)22/h3-14H,2,22H2,1H3. The molecule has 0 fully saturated rings. The SMILES string of the molecule is CCOc1ccc(Oc2ccccc2)cc1C(=O)c1ccccc1N. The highest BCUT2D eigenvalue weighted by Crippen LogP contribution is 2.30. The summed E-state index contributed by atoms with van der Waals surface area (Å²) in [6.07, 6.45) is 0. The van der Waals surface area contributed by atoms with Crippen LogP contribution < -0.4 is 15.2 Å². The second kappa shape index (κ2) is 7.53. The largest absolute Gasteiger partial charge is 0.493 e. The van der Waals surface area contributed by atoms with Crippen molar-refractivity contribution >= 4 is 11.5 Å². The number of rotatable bonds is 6. The van der Waals surface area contributed by atoms with E-state index in [0.29, 0.717) is 40.7 Å². The molecule has 0 amide bonds. The lowest BCUT2D eigenvalue weighted by molar-refractivity contribution is 0.103. The average molecular weight is 333 g/mol. The number of ketones is 1. The number of nitrogens with two attached hydrogens (primary N) is 1. The highest BCUT2D eigenvalue weighted by Gasteiger charge is 2.18. The van der Waals surface area contributed by atoms with Crippen LogP contribution in [0.25, 0.3) is 0 Å². The van der Waals surface area contributed by atoms with Gasteiger partial charge in [-0.2, -0.15) is 0 Å². The predicted octanol–water partition coefficient (Wildman–Crippen LogP) is 4.69. The van der Waals surface area contributed by atoms with Crippen LogP contribution in [0.15, 0.2) is 72.8 Å². The number of hydrogen-bond acceptors (Lipinski definition) is 4. The number of benzene rings is 3. The van der Waals surface area contributed by atoms with Crippen molar-refractivity contribution in [2.45, 2.75) is 6.92 Å². The van der Waals surface area contributed by atoms with Crippen LogP contribution in [-0.2, 0) is 0 Å². The van der Waals surface area contributed by atoms with Gasteiger partial charge in [-0.25, -0.2) is 0 Å². The molecule has 126 valence electrons. The van der Waals surface area contributed by atoms with Gasteiger partial charge in [0.2, 0.25) is 0 Å². The lowest BCUT2D eigenvalue weighted by Crippen LogP contribution is -2.08. The molecule has 0 aliphatic heterocycles. The molecule has 0 aliphatic carbocycles. The minimum atomic E-state index is -0.194. The Balaban J connectivity index is 1.99. The monoisotopic (exact) mass is 333 g/mol. The molecule has 0 radical (unpaired) electrons. The minimum absolute atomic E-state index is 0.194. The zero-order valence-electron chi connectivity index (χ0n) is 13.9. The number of para-hydroxylation sites is 2. The number of hydrogen-bond donors (Lipinski definition) is 1. The van der Waals surface area contributed by atoms with E-state index in [1.807, 2.05) is 37.3 Å². The molecular weight excluding hydrogens is 314 g/mol. The third kappa shape index (κ3) is 3.80. The van der Waals surface area contributed by atoms with Crippen LogP contribution in [0.1, 0.15) is 22.8 Å². The molecule has 0 aromatic heterocycles. The van der Waals surface area contributed by atoms with Crippen molar-refractivity contribution in [2.24, 2.45) is 0 Å². The van der Waals surface area contributed by atoms with E-state index in [0.717, 1.165) is 0 Å². The van der Waals surface area contributed by atoms with E-state index in [4.69, 9.17) is 15.2 Å². The molecule has 0 heterocycles. The molecule has 0 bridgehead atoms. The van der Waals surface area contributed by atoms with E-state index in [-0.39, 0.29) is 5.78 Å². The lowest BCUT2D eigenvalue weighted by Gasteiger charge is -2.13. The highest BCUT2D eigenvalue weighted by atomic mass is 16.5. The third-order valence-electron chi connectivity index (χ3n) is 3.68. The predicted molar refractivity (Wildman–Crippen MR) is 98.4 cm³/mol. The van der Waals surface area contributed by atoms with Gasteiger partial charge in [0.15, 0.2) is 5.78 Å². The highest BCUT2D eigenvalue weighted by molar-refractivity contribution is 6.13. The van der Waals surface area contributed by atoms with Gasteiger partial charge in [0, 0.05) is 11.3 Å². The summed E-state index contributed by atoms with van der Waals surface area (Å²) >= 11 is 0. The summed E-state index contributed by atoms with van der Waals surface area (Å²) in [5.74, 6) is 1.58. The zero-order valence-corrected chi connectivity index (χ0v) is 13.9. The molecule has 4 heteroatoms. The van der Waals surface area contributed by atoms with Crippen molar-refractivity contribution < 1.29 is 14.3 Å². The van der Waals surface area contributed by atoms with Gasteiger partial charge in [0.05, 0.1) is 12.2 Å². The molecule has 0 atom stereocenters. The van der Waals surface area contributed by atoms with Crippen molar-refractivity contribution in [3.05, 3.63) is 83.9 Å². The summed E-state index contributed by atoms with van der Waals surface area (Å²) in [5, 5.41) is 0. The fraction of sp³-hybridized carbons (Fsp3) is 0.0952. The Labute approximate surface area is 146 Å². The quantitative estimate of drug-likeness (QED) is 0.525. The summed E-state index contributed by atoms with van der Waals surface area (Å²) in [4.78, 5) is 13.0. The number of nitrogen functional groups attached to an aromatic ring is 1. The molecule has 0 saturated heterocycles. The van der Waals surface area contributed by atoms with E-state index in [1.54, 1.807) is 42.5 Å². The molecule has 0 unspecified atom stereocenters. The van der Waals surface area contributed by atoms with Gasteiger partial charge in [-0.05, 0) is 49.4 Å². The van der Waals surface area contributed by atoms with E-state index in [9.17, 15) is 4.79 Å². The minimum Gasteiger partial charge on any atom is -0.493 e. The van der Waals surface area contributed by atoms with E-state index in [2.05, 4.69) is 0 Å². The summed E-state index contributed by atoms with van der Waals surface area (Å²) < 4.78 is 11.4. The van der Waals surface area contributed by atoms with Crippen LogP contribution in [0.2, 0.25) is 0 Å². The maximum Gasteiger partial charge on any atom is 0.198 e.